The molecule has 28 heavy (non-hydrogen) atoms. The molecule has 7 nitrogen and oxygen atoms in total. The molecule has 8 heteroatoms. The van der Waals surface area contributed by atoms with Crippen LogP contribution in [0.25, 0.3) is 0 Å². The van der Waals surface area contributed by atoms with Gasteiger partial charge in [0.25, 0.3) is 0 Å². The summed E-state index contributed by atoms with van der Waals surface area (Å²) in [5.74, 6) is 1.57. The van der Waals surface area contributed by atoms with Gasteiger partial charge in [0.05, 0.1) is 12.4 Å². The van der Waals surface area contributed by atoms with Crippen molar-refractivity contribution >= 4 is 16.0 Å². The van der Waals surface area contributed by atoms with Crippen LogP contribution in [0.2, 0.25) is 0 Å². The van der Waals surface area contributed by atoms with Crippen LogP contribution in [0, 0.1) is 6.92 Å². The summed E-state index contributed by atoms with van der Waals surface area (Å²) in [6.45, 7) is 10.3. The number of hydrogen-bond donors (Lipinski definition) is 2. The van der Waals surface area contributed by atoms with Crippen molar-refractivity contribution in [1.29, 1.82) is 0 Å². The number of nitrogens with zero attached hydrogens (tertiary/aromatic N) is 2. The van der Waals surface area contributed by atoms with Crippen LogP contribution in [0.15, 0.2) is 23.2 Å². The molecule has 1 unspecified atom stereocenters. The molecule has 0 aliphatic heterocycles. The van der Waals surface area contributed by atoms with Crippen molar-refractivity contribution in [1.82, 2.24) is 14.9 Å². The summed E-state index contributed by atoms with van der Waals surface area (Å²) in [5, 5.41) is 6.53. The molecule has 0 bridgehead atoms. The Bertz CT molecular complexity index is 735. The first-order chi connectivity index (χ1) is 13.2. The molecular weight excluding hydrogens is 376 g/mol. The predicted molar refractivity (Wildman–Crippen MR) is 116 cm³/mol. The summed E-state index contributed by atoms with van der Waals surface area (Å²) in [7, 11) is -1.42. The van der Waals surface area contributed by atoms with Gasteiger partial charge in [-0.2, -0.15) is 0 Å². The molecule has 0 heterocycles. The summed E-state index contributed by atoms with van der Waals surface area (Å²) >= 11 is 0. The lowest BCUT2D eigenvalue weighted by Crippen LogP contribution is -2.39. The lowest BCUT2D eigenvalue weighted by atomic mass is 10.1. The van der Waals surface area contributed by atoms with Crippen molar-refractivity contribution in [3.05, 3.63) is 29.3 Å². The second-order valence-corrected chi connectivity index (χ2v) is 8.89. The van der Waals surface area contributed by atoms with E-state index in [0.717, 1.165) is 23.3 Å². The molecule has 0 fully saturated rings. The summed E-state index contributed by atoms with van der Waals surface area (Å²) in [6.07, 6.45) is 3.06. The lowest BCUT2D eigenvalue weighted by Gasteiger charge is -2.19. The molecule has 0 radical (unpaired) electrons. The summed E-state index contributed by atoms with van der Waals surface area (Å²) in [4.78, 5) is 4.23. The number of sulfonamides is 1. The molecule has 2 N–H and O–H groups in total. The Labute approximate surface area is 170 Å². The number of benzene rings is 1. The van der Waals surface area contributed by atoms with Crippen LogP contribution in [-0.2, 0) is 16.6 Å². The number of rotatable bonds is 11. The first-order valence-electron chi connectivity index (χ1n) is 9.87. The SMILES string of the molecule is CCC(C)Oc1cc(C)ccc1CNC(=NC)NCCCN(CC)S(C)(=O)=O. The van der Waals surface area contributed by atoms with Gasteiger partial charge >= 0.3 is 0 Å². The Morgan fingerprint density at radius 3 is 2.57 bits per heavy atom. The highest BCUT2D eigenvalue weighted by atomic mass is 32.2. The fourth-order valence-electron chi connectivity index (χ4n) is 2.64. The Hall–Kier alpha value is -1.80. The Morgan fingerprint density at radius 2 is 2.00 bits per heavy atom. The molecule has 1 aromatic carbocycles. The maximum atomic E-state index is 11.6. The van der Waals surface area contributed by atoms with Crippen LogP contribution in [0.4, 0.5) is 0 Å². The average Bonchev–Trinajstić information content (AvgIpc) is 2.64. The molecule has 0 aromatic heterocycles. The van der Waals surface area contributed by atoms with Gasteiger partial charge in [-0.3, -0.25) is 4.99 Å². The van der Waals surface area contributed by atoms with E-state index in [4.69, 9.17) is 4.74 Å². The molecule has 0 saturated heterocycles. The predicted octanol–water partition coefficient (Wildman–Crippen LogP) is 2.51. The highest BCUT2D eigenvalue weighted by Gasteiger charge is 2.13. The first kappa shape index (κ1) is 24.2. The highest BCUT2D eigenvalue weighted by Crippen LogP contribution is 2.22. The molecule has 1 rings (SSSR count). The standard InChI is InChI=1S/C20H36N4O3S/c1-7-17(4)27-19-14-16(3)10-11-18(19)15-23-20(21-5)22-12-9-13-24(8-2)28(6,25)26/h10-11,14,17H,7-9,12-13,15H2,1-6H3,(H2,21,22,23). The molecule has 0 saturated carbocycles. The van der Waals surface area contributed by atoms with E-state index in [0.29, 0.717) is 38.6 Å². The number of aryl methyl sites for hydroxylation is 1. The fraction of sp³-hybridized carbons (Fsp3) is 0.650. The number of hydrogen-bond acceptors (Lipinski definition) is 4. The zero-order valence-electron chi connectivity index (χ0n) is 18.1. The first-order valence-corrected chi connectivity index (χ1v) is 11.7. The van der Waals surface area contributed by atoms with Crippen molar-refractivity contribution < 1.29 is 13.2 Å². The van der Waals surface area contributed by atoms with E-state index >= 15 is 0 Å². The topological polar surface area (TPSA) is 83.0 Å². The number of nitrogens with one attached hydrogen (secondary N) is 2. The number of guanidine groups is 1. The van der Waals surface area contributed by atoms with Gasteiger partial charge in [-0.15, -0.1) is 0 Å². The molecule has 1 aromatic rings. The van der Waals surface area contributed by atoms with Gasteiger partial charge in [-0.25, -0.2) is 12.7 Å². The zero-order valence-corrected chi connectivity index (χ0v) is 18.9. The van der Waals surface area contributed by atoms with E-state index in [-0.39, 0.29) is 6.10 Å². The monoisotopic (exact) mass is 412 g/mol. The van der Waals surface area contributed by atoms with E-state index in [1.54, 1.807) is 7.05 Å². The molecule has 160 valence electrons. The third-order valence-electron chi connectivity index (χ3n) is 4.49. The number of aliphatic imine (C=N–C) groups is 1. The van der Waals surface area contributed by atoms with Crippen molar-refractivity contribution in [3.8, 4) is 5.75 Å². The molecule has 0 aliphatic carbocycles. The molecule has 0 spiro atoms. The van der Waals surface area contributed by atoms with Crippen molar-refractivity contribution in [2.24, 2.45) is 4.99 Å². The van der Waals surface area contributed by atoms with Crippen LogP contribution < -0.4 is 15.4 Å². The fourth-order valence-corrected chi connectivity index (χ4v) is 3.57. The van der Waals surface area contributed by atoms with Gasteiger partial charge in [0.1, 0.15) is 5.75 Å². The summed E-state index contributed by atoms with van der Waals surface area (Å²) in [5.41, 5.74) is 2.24. The van der Waals surface area contributed by atoms with Crippen LogP contribution in [0.1, 0.15) is 44.7 Å². The van der Waals surface area contributed by atoms with Gasteiger partial charge in [0.2, 0.25) is 10.0 Å². The average molecular weight is 413 g/mol. The third kappa shape index (κ3) is 8.48. The van der Waals surface area contributed by atoms with E-state index < -0.39 is 10.0 Å². The van der Waals surface area contributed by atoms with Crippen LogP contribution in [0.3, 0.4) is 0 Å². The Balaban J connectivity index is 2.56. The molecule has 0 amide bonds. The van der Waals surface area contributed by atoms with Gasteiger partial charge in [0, 0.05) is 38.8 Å². The van der Waals surface area contributed by atoms with E-state index in [1.165, 1.54) is 10.6 Å². The van der Waals surface area contributed by atoms with Gasteiger partial charge < -0.3 is 15.4 Å². The van der Waals surface area contributed by atoms with Gasteiger partial charge in [-0.1, -0.05) is 26.0 Å². The Morgan fingerprint density at radius 1 is 1.29 bits per heavy atom. The van der Waals surface area contributed by atoms with Gasteiger partial charge in [-0.05, 0) is 38.3 Å². The minimum Gasteiger partial charge on any atom is -0.490 e. The lowest BCUT2D eigenvalue weighted by molar-refractivity contribution is 0.215. The third-order valence-corrected chi connectivity index (χ3v) is 5.87. The molecule has 1 atom stereocenters. The quantitative estimate of drug-likeness (QED) is 0.331. The van der Waals surface area contributed by atoms with E-state index in [1.807, 2.05) is 6.92 Å². The maximum absolute atomic E-state index is 11.6. The van der Waals surface area contributed by atoms with Crippen LogP contribution >= 0.6 is 0 Å². The normalized spacial score (nSPS) is 13.5. The molecule has 0 aliphatic rings. The number of ether oxygens (including phenoxy) is 1. The van der Waals surface area contributed by atoms with Crippen LogP contribution in [0.5, 0.6) is 5.75 Å². The second kappa shape index (κ2) is 11.9. The minimum absolute atomic E-state index is 0.161. The summed E-state index contributed by atoms with van der Waals surface area (Å²) < 4.78 is 30.8. The van der Waals surface area contributed by atoms with E-state index in [2.05, 4.69) is 54.6 Å². The van der Waals surface area contributed by atoms with Crippen molar-refractivity contribution in [2.75, 3.05) is 32.9 Å². The summed E-state index contributed by atoms with van der Waals surface area (Å²) in [6, 6.07) is 6.20. The second-order valence-electron chi connectivity index (χ2n) is 6.91. The Kier molecular flexibility index (Phi) is 10.3. The minimum atomic E-state index is -3.14. The zero-order chi connectivity index (χ0) is 21.2. The largest absolute Gasteiger partial charge is 0.490 e. The van der Waals surface area contributed by atoms with E-state index in [9.17, 15) is 8.42 Å². The highest BCUT2D eigenvalue weighted by molar-refractivity contribution is 7.88. The van der Waals surface area contributed by atoms with Crippen LogP contribution in [-0.4, -0.2) is 57.7 Å². The molecular formula is C20H36N4O3S. The van der Waals surface area contributed by atoms with Gasteiger partial charge in [0.15, 0.2) is 5.96 Å². The van der Waals surface area contributed by atoms with Crippen molar-refractivity contribution in [3.63, 3.8) is 0 Å². The smallest absolute Gasteiger partial charge is 0.211 e. The maximum Gasteiger partial charge on any atom is 0.211 e. The van der Waals surface area contributed by atoms with Crippen molar-refractivity contribution in [2.45, 2.75) is 53.2 Å².